The minimum absolute atomic E-state index is 0.0506. The second-order valence-corrected chi connectivity index (χ2v) is 5.78. The van der Waals surface area contributed by atoms with Crippen LogP contribution in [-0.2, 0) is 0 Å². The van der Waals surface area contributed by atoms with Crippen LogP contribution in [0.3, 0.4) is 0 Å². The summed E-state index contributed by atoms with van der Waals surface area (Å²) in [6, 6.07) is 3.80. The van der Waals surface area contributed by atoms with Crippen molar-refractivity contribution in [2.75, 3.05) is 11.9 Å². The number of aromatic amines is 1. The van der Waals surface area contributed by atoms with Crippen molar-refractivity contribution in [1.82, 2.24) is 20.3 Å². The molecule has 0 aliphatic carbocycles. The molecular formula is C15H17N5OS. The maximum Gasteiger partial charge on any atom is 0.263 e. The van der Waals surface area contributed by atoms with Crippen molar-refractivity contribution in [3.8, 4) is 0 Å². The summed E-state index contributed by atoms with van der Waals surface area (Å²) >= 11 is 1.42. The number of nitrogens with one attached hydrogen (secondary N) is 3. The van der Waals surface area contributed by atoms with E-state index in [1.807, 2.05) is 23.7 Å². The lowest BCUT2D eigenvalue weighted by molar-refractivity contribution is 0.0958. The van der Waals surface area contributed by atoms with Crippen LogP contribution in [0.1, 0.15) is 29.4 Å². The van der Waals surface area contributed by atoms with Gasteiger partial charge in [0.2, 0.25) is 0 Å². The first kappa shape index (κ1) is 14.5. The fourth-order valence-corrected chi connectivity index (χ4v) is 2.91. The average molecular weight is 315 g/mol. The number of thiophene rings is 1. The molecule has 0 radical (unpaired) electrons. The van der Waals surface area contributed by atoms with Crippen LogP contribution in [0.2, 0.25) is 0 Å². The van der Waals surface area contributed by atoms with Gasteiger partial charge in [-0.15, -0.1) is 11.3 Å². The standard InChI is InChI=1S/C15H17N5OS/c1-2-3-6-17-15(21)12-11(5-8-22-12)20-14-10-4-7-16-13(10)18-9-19-14/h4-5,7-9H,2-3,6H2,1H3,(H,17,21)(H2,16,18,19,20). The van der Waals surface area contributed by atoms with E-state index in [1.165, 1.54) is 17.7 Å². The van der Waals surface area contributed by atoms with E-state index in [-0.39, 0.29) is 5.91 Å². The first-order valence-corrected chi connectivity index (χ1v) is 8.08. The van der Waals surface area contributed by atoms with Gasteiger partial charge in [-0.25, -0.2) is 9.97 Å². The molecule has 7 heteroatoms. The van der Waals surface area contributed by atoms with E-state index in [4.69, 9.17) is 0 Å². The second kappa shape index (κ2) is 6.57. The average Bonchev–Trinajstić information content (AvgIpc) is 3.16. The Morgan fingerprint density at radius 2 is 2.27 bits per heavy atom. The highest BCUT2D eigenvalue weighted by Crippen LogP contribution is 2.28. The number of unbranched alkanes of at least 4 members (excludes halogenated alkanes) is 1. The number of fused-ring (bicyclic) bond motifs is 1. The Bertz CT molecular complexity index is 779. The number of amides is 1. The van der Waals surface area contributed by atoms with E-state index >= 15 is 0 Å². The number of aromatic nitrogens is 3. The van der Waals surface area contributed by atoms with Crippen LogP contribution in [0.5, 0.6) is 0 Å². The van der Waals surface area contributed by atoms with Gasteiger partial charge in [-0.1, -0.05) is 13.3 Å². The molecule has 0 aliphatic rings. The van der Waals surface area contributed by atoms with Crippen LogP contribution < -0.4 is 10.6 Å². The Kier molecular flexibility index (Phi) is 4.34. The Hall–Kier alpha value is -2.41. The van der Waals surface area contributed by atoms with Crippen LogP contribution in [0.4, 0.5) is 11.5 Å². The second-order valence-electron chi connectivity index (χ2n) is 4.86. The third-order valence-electron chi connectivity index (χ3n) is 3.29. The van der Waals surface area contributed by atoms with E-state index in [0.29, 0.717) is 17.2 Å². The third-order valence-corrected chi connectivity index (χ3v) is 4.21. The molecule has 0 bridgehead atoms. The quantitative estimate of drug-likeness (QED) is 0.610. The summed E-state index contributed by atoms with van der Waals surface area (Å²) in [7, 11) is 0. The fraction of sp³-hybridized carbons (Fsp3) is 0.267. The molecule has 0 aliphatic heterocycles. The minimum Gasteiger partial charge on any atom is -0.351 e. The number of carbonyl (C=O) groups excluding carboxylic acids is 1. The smallest absolute Gasteiger partial charge is 0.263 e. The molecule has 114 valence electrons. The van der Waals surface area contributed by atoms with Crippen LogP contribution >= 0.6 is 11.3 Å². The normalized spacial score (nSPS) is 10.8. The van der Waals surface area contributed by atoms with E-state index in [2.05, 4.69) is 32.5 Å². The van der Waals surface area contributed by atoms with Crippen molar-refractivity contribution in [2.24, 2.45) is 0 Å². The summed E-state index contributed by atoms with van der Waals surface area (Å²) in [6.07, 6.45) is 5.35. The zero-order valence-electron chi connectivity index (χ0n) is 12.2. The minimum atomic E-state index is -0.0506. The Morgan fingerprint density at radius 1 is 1.36 bits per heavy atom. The highest BCUT2D eigenvalue weighted by atomic mass is 32.1. The number of nitrogens with zero attached hydrogens (tertiary/aromatic N) is 2. The van der Waals surface area contributed by atoms with Crippen molar-refractivity contribution in [3.05, 3.63) is 34.9 Å². The molecule has 0 unspecified atom stereocenters. The number of rotatable bonds is 6. The number of hydrogen-bond donors (Lipinski definition) is 3. The summed E-state index contributed by atoms with van der Waals surface area (Å²) in [5.41, 5.74) is 1.53. The van der Waals surface area contributed by atoms with Gasteiger partial charge in [0, 0.05) is 12.7 Å². The van der Waals surface area contributed by atoms with E-state index in [0.717, 1.165) is 29.6 Å². The zero-order valence-corrected chi connectivity index (χ0v) is 13.0. The highest BCUT2D eigenvalue weighted by molar-refractivity contribution is 7.12. The molecule has 3 heterocycles. The van der Waals surface area contributed by atoms with Crippen molar-refractivity contribution in [2.45, 2.75) is 19.8 Å². The summed E-state index contributed by atoms with van der Waals surface area (Å²) in [5, 5.41) is 8.96. The molecule has 22 heavy (non-hydrogen) atoms. The number of H-pyrrole nitrogens is 1. The number of carbonyl (C=O) groups is 1. The van der Waals surface area contributed by atoms with Gasteiger partial charge in [0.05, 0.1) is 11.1 Å². The van der Waals surface area contributed by atoms with Gasteiger partial charge < -0.3 is 15.6 Å². The molecule has 3 N–H and O–H groups in total. The predicted molar refractivity (Wildman–Crippen MR) is 88.7 cm³/mol. The Labute approximate surface area is 132 Å². The van der Waals surface area contributed by atoms with Crippen molar-refractivity contribution >= 4 is 39.8 Å². The lowest BCUT2D eigenvalue weighted by atomic mass is 10.3. The van der Waals surface area contributed by atoms with Crippen LogP contribution in [-0.4, -0.2) is 27.4 Å². The summed E-state index contributed by atoms with van der Waals surface area (Å²) in [5.74, 6) is 0.637. The molecule has 0 aromatic carbocycles. The first-order chi connectivity index (χ1) is 10.8. The number of anilines is 2. The highest BCUT2D eigenvalue weighted by Gasteiger charge is 2.14. The Morgan fingerprint density at radius 3 is 3.14 bits per heavy atom. The molecule has 3 aromatic heterocycles. The fourth-order valence-electron chi connectivity index (χ4n) is 2.14. The van der Waals surface area contributed by atoms with Crippen LogP contribution in [0.25, 0.3) is 11.0 Å². The van der Waals surface area contributed by atoms with Gasteiger partial charge in [0.1, 0.15) is 22.7 Å². The van der Waals surface area contributed by atoms with Crippen molar-refractivity contribution < 1.29 is 4.79 Å². The third kappa shape index (κ3) is 2.94. The molecule has 3 aromatic rings. The topological polar surface area (TPSA) is 82.7 Å². The Balaban J connectivity index is 1.80. The molecule has 3 rings (SSSR count). The SMILES string of the molecule is CCCCNC(=O)c1sccc1Nc1ncnc2[nH]ccc12. The van der Waals surface area contributed by atoms with Crippen LogP contribution in [0, 0.1) is 0 Å². The largest absolute Gasteiger partial charge is 0.351 e. The van der Waals surface area contributed by atoms with Crippen molar-refractivity contribution in [3.63, 3.8) is 0 Å². The van der Waals surface area contributed by atoms with Gasteiger partial charge in [-0.3, -0.25) is 4.79 Å². The van der Waals surface area contributed by atoms with Gasteiger partial charge in [0.25, 0.3) is 5.91 Å². The van der Waals surface area contributed by atoms with E-state index in [9.17, 15) is 4.79 Å². The molecule has 1 amide bonds. The zero-order chi connectivity index (χ0) is 15.4. The maximum absolute atomic E-state index is 12.2. The van der Waals surface area contributed by atoms with Gasteiger partial charge >= 0.3 is 0 Å². The van der Waals surface area contributed by atoms with Crippen molar-refractivity contribution in [1.29, 1.82) is 0 Å². The summed E-state index contributed by atoms with van der Waals surface area (Å²) in [6.45, 7) is 2.80. The van der Waals surface area contributed by atoms with Gasteiger partial charge in [-0.2, -0.15) is 0 Å². The molecular weight excluding hydrogens is 298 g/mol. The molecule has 0 atom stereocenters. The molecule has 0 fully saturated rings. The lowest BCUT2D eigenvalue weighted by Gasteiger charge is -2.08. The monoisotopic (exact) mass is 315 g/mol. The van der Waals surface area contributed by atoms with E-state index < -0.39 is 0 Å². The van der Waals surface area contributed by atoms with Gasteiger partial charge in [0.15, 0.2) is 0 Å². The molecule has 0 spiro atoms. The number of hydrogen-bond acceptors (Lipinski definition) is 5. The lowest BCUT2D eigenvalue weighted by Crippen LogP contribution is -2.24. The molecule has 0 saturated carbocycles. The summed E-state index contributed by atoms with van der Waals surface area (Å²) < 4.78 is 0. The maximum atomic E-state index is 12.2. The first-order valence-electron chi connectivity index (χ1n) is 7.20. The molecule has 0 saturated heterocycles. The van der Waals surface area contributed by atoms with Gasteiger partial charge in [-0.05, 0) is 23.9 Å². The molecule has 6 nitrogen and oxygen atoms in total. The van der Waals surface area contributed by atoms with Crippen LogP contribution in [0.15, 0.2) is 30.0 Å². The summed E-state index contributed by atoms with van der Waals surface area (Å²) in [4.78, 5) is 24.4. The predicted octanol–water partition coefficient (Wildman–Crippen LogP) is 3.29. The van der Waals surface area contributed by atoms with E-state index in [1.54, 1.807) is 0 Å².